The molecule has 0 atom stereocenters. The average Bonchev–Trinajstić information content (AvgIpc) is 2.34. The van der Waals surface area contributed by atoms with Gasteiger partial charge in [0.2, 0.25) is 0 Å². The first-order chi connectivity index (χ1) is 8.68. The predicted molar refractivity (Wildman–Crippen MR) is 79.5 cm³/mol. The van der Waals surface area contributed by atoms with E-state index in [-0.39, 0.29) is 0 Å². The van der Waals surface area contributed by atoms with Crippen molar-refractivity contribution in [2.24, 2.45) is 0 Å². The molecule has 5 heteroatoms. The minimum Gasteiger partial charge on any atom is -0.388 e. The Bertz CT molecular complexity index is 578. The summed E-state index contributed by atoms with van der Waals surface area (Å²) in [5.74, 6) is 0.810. The molecule has 4 nitrogen and oxygen atoms in total. The van der Waals surface area contributed by atoms with Gasteiger partial charge in [0.05, 0.1) is 16.5 Å². The van der Waals surface area contributed by atoms with E-state index in [1.54, 1.807) is 6.33 Å². The highest BCUT2D eigenvalue weighted by molar-refractivity contribution is 14.1. The summed E-state index contributed by atoms with van der Waals surface area (Å²) in [6, 6.07) is 6.00. The first-order valence-corrected chi connectivity index (χ1v) is 7.11. The molecule has 0 spiro atoms. The van der Waals surface area contributed by atoms with Gasteiger partial charge in [0.25, 0.3) is 0 Å². The standard InChI is InChI=1S/C13H14IN3O/c14-9-3-1-4-10-11(9)12(17-8-16-10)15-7-13(18)5-2-6-13/h1,3-4,8,18H,2,5-7H2,(H,15,16,17). The Hall–Kier alpha value is -0.950. The number of rotatable bonds is 3. The Morgan fingerprint density at radius 2 is 2.17 bits per heavy atom. The van der Waals surface area contributed by atoms with Gasteiger partial charge < -0.3 is 10.4 Å². The molecule has 0 aliphatic heterocycles. The second-order valence-electron chi connectivity index (χ2n) is 4.79. The molecule has 1 aromatic heterocycles. The van der Waals surface area contributed by atoms with E-state index >= 15 is 0 Å². The van der Waals surface area contributed by atoms with Crippen LogP contribution in [0.25, 0.3) is 10.9 Å². The van der Waals surface area contributed by atoms with Crippen LogP contribution in [0.5, 0.6) is 0 Å². The zero-order valence-corrected chi connectivity index (χ0v) is 12.0. The largest absolute Gasteiger partial charge is 0.388 e. The maximum Gasteiger partial charge on any atom is 0.138 e. The molecule has 94 valence electrons. The van der Waals surface area contributed by atoms with E-state index in [2.05, 4.69) is 37.9 Å². The minimum absolute atomic E-state index is 0.544. The molecule has 2 N–H and O–H groups in total. The molecule has 1 aliphatic carbocycles. The van der Waals surface area contributed by atoms with Gasteiger partial charge in [-0.2, -0.15) is 0 Å². The van der Waals surface area contributed by atoms with Crippen molar-refractivity contribution in [2.75, 3.05) is 11.9 Å². The van der Waals surface area contributed by atoms with Gasteiger partial charge in [-0.15, -0.1) is 0 Å². The van der Waals surface area contributed by atoms with E-state index in [0.29, 0.717) is 6.54 Å². The van der Waals surface area contributed by atoms with Crippen molar-refractivity contribution in [1.29, 1.82) is 0 Å². The van der Waals surface area contributed by atoms with Crippen LogP contribution >= 0.6 is 22.6 Å². The van der Waals surface area contributed by atoms with Crippen molar-refractivity contribution in [1.82, 2.24) is 9.97 Å². The van der Waals surface area contributed by atoms with Gasteiger partial charge in [-0.05, 0) is 54.0 Å². The summed E-state index contributed by atoms with van der Waals surface area (Å²) in [4.78, 5) is 8.55. The molecule has 0 saturated heterocycles. The molecule has 0 unspecified atom stereocenters. The van der Waals surface area contributed by atoms with E-state index in [1.165, 1.54) is 0 Å². The smallest absolute Gasteiger partial charge is 0.138 e. The normalized spacial score (nSPS) is 17.4. The summed E-state index contributed by atoms with van der Waals surface area (Å²) < 4.78 is 1.12. The Morgan fingerprint density at radius 3 is 2.89 bits per heavy atom. The van der Waals surface area contributed by atoms with Crippen LogP contribution in [0, 0.1) is 3.57 Å². The summed E-state index contributed by atoms with van der Waals surface area (Å²) in [5.41, 5.74) is 0.386. The molecule has 0 amide bonds. The second-order valence-corrected chi connectivity index (χ2v) is 5.95. The fourth-order valence-corrected chi connectivity index (χ4v) is 2.95. The van der Waals surface area contributed by atoms with Gasteiger partial charge in [-0.1, -0.05) is 6.07 Å². The SMILES string of the molecule is OC1(CNc2ncnc3cccc(I)c23)CCC1. The van der Waals surface area contributed by atoms with Crippen molar-refractivity contribution in [3.05, 3.63) is 28.1 Å². The van der Waals surface area contributed by atoms with E-state index in [4.69, 9.17) is 0 Å². The zero-order valence-electron chi connectivity index (χ0n) is 9.86. The monoisotopic (exact) mass is 355 g/mol. The highest BCUT2D eigenvalue weighted by Crippen LogP contribution is 2.32. The summed E-state index contributed by atoms with van der Waals surface area (Å²) in [7, 11) is 0. The number of nitrogens with one attached hydrogen (secondary N) is 1. The van der Waals surface area contributed by atoms with Gasteiger partial charge >= 0.3 is 0 Å². The number of hydrogen-bond acceptors (Lipinski definition) is 4. The van der Waals surface area contributed by atoms with Crippen molar-refractivity contribution >= 4 is 39.3 Å². The fourth-order valence-electron chi connectivity index (χ4n) is 2.21. The van der Waals surface area contributed by atoms with Crippen LogP contribution < -0.4 is 5.32 Å². The van der Waals surface area contributed by atoms with Gasteiger partial charge in [-0.3, -0.25) is 0 Å². The van der Waals surface area contributed by atoms with Crippen LogP contribution in [-0.4, -0.2) is 27.2 Å². The van der Waals surface area contributed by atoms with Crippen LogP contribution in [-0.2, 0) is 0 Å². The molecule has 2 aromatic rings. The number of nitrogens with zero attached hydrogens (tertiary/aromatic N) is 2. The number of aliphatic hydroxyl groups is 1. The van der Waals surface area contributed by atoms with Crippen molar-refractivity contribution in [2.45, 2.75) is 24.9 Å². The first kappa shape index (κ1) is 12.1. The number of benzene rings is 1. The van der Waals surface area contributed by atoms with Crippen LogP contribution in [0.1, 0.15) is 19.3 Å². The predicted octanol–water partition coefficient (Wildman–Crippen LogP) is 2.56. The van der Waals surface area contributed by atoms with E-state index in [0.717, 1.165) is 39.6 Å². The lowest BCUT2D eigenvalue weighted by Gasteiger charge is -2.36. The van der Waals surface area contributed by atoms with Gasteiger partial charge in [0, 0.05) is 10.1 Å². The van der Waals surface area contributed by atoms with Gasteiger partial charge in [-0.25, -0.2) is 9.97 Å². The summed E-state index contributed by atoms with van der Waals surface area (Å²) in [6.07, 6.45) is 4.42. The highest BCUT2D eigenvalue weighted by atomic mass is 127. The zero-order chi connectivity index (χ0) is 12.6. The Balaban J connectivity index is 1.91. The molecule has 1 heterocycles. The number of anilines is 1. The minimum atomic E-state index is -0.544. The quantitative estimate of drug-likeness (QED) is 0.831. The van der Waals surface area contributed by atoms with E-state index in [1.807, 2.05) is 18.2 Å². The third kappa shape index (κ3) is 2.16. The lowest BCUT2D eigenvalue weighted by molar-refractivity contribution is -0.0202. The number of hydrogen-bond donors (Lipinski definition) is 2. The van der Waals surface area contributed by atoms with Crippen LogP contribution in [0.3, 0.4) is 0 Å². The molecular formula is C13H14IN3O. The van der Waals surface area contributed by atoms with Gasteiger partial charge in [0.15, 0.2) is 0 Å². The van der Waals surface area contributed by atoms with Crippen molar-refractivity contribution in [3.8, 4) is 0 Å². The number of fused-ring (bicyclic) bond motifs is 1. The lowest BCUT2D eigenvalue weighted by Crippen LogP contribution is -2.43. The Labute approximate surface area is 119 Å². The van der Waals surface area contributed by atoms with Crippen molar-refractivity contribution in [3.63, 3.8) is 0 Å². The molecule has 1 aromatic carbocycles. The van der Waals surface area contributed by atoms with Crippen LogP contribution in [0.15, 0.2) is 24.5 Å². The Morgan fingerprint density at radius 1 is 1.33 bits per heavy atom. The molecule has 3 rings (SSSR count). The van der Waals surface area contributed by atoms with E-state index < -0.39 is 5.60 Å². The molecule has 18 heavy (non-hydrogen) atoms. The van der Waals surface area contributed by atoms with Crippen LogP contribution in [0.4, 0.5) is 5.82 Å². The third-order valence-electron chi connectivity index (χ3n) is 3.48. The maximum atomic E-state index is 10.1. The summed E-state index contributed by atoms with van der Waals surface area (Å²) >= 11 is 2.29. The molecule has 0 radical (unpaired) electrons. The van der Waals surface area contributed by atoms with E-state index in [9.17, 15) is 5.11 Å². The summed E-state index contributed by atoms with van der Waals surface area (Å²) in [5, 5.41) is 14.4. The molecule has 1 fully saturated rings. The molecule has 1 saturated carbocycles. The van der Waals surface area contributed by atoms with Gasteiger partial charge in [0.1, 0.15) is 12.1 Å². The Kier molecular flexibility index (Phi) is 3.11. The van der Waals surface area contributed by atoms with Crippen LogP contribution in [0.2, 0.25) is 0 Å². The summed E-state index contributed by atoms with van der Waals surface area (Å²) in [6.45, 7) is 0.560. The second kappa shape index (κ2) is 4.62. The molecule has 0 bridgehead atoms. The fraction of sp³-hybridized carbons (Fsp3) is 0.385. The molecular weight excluding hydrogens is 341 g/mol. The number of aromatic nitrogens is 2. The molecule has 1 aliphatic rings. The average molecular weight is 355 g/mol. The topological polar surface area (TPSA) is 58.0 Å². The number of halogens is 1. The van der Waals surface area contributed by atoms with Crippen molar-refractivity contribution < 1.29 is 5.11 Å². The highest BCUT2D eigenvalue weighted by Gasteiger charge is 2.34. The maximum absolute atomic E-state index is 10.1. The third-order valence-corrected chi connectivity index (χ3v) is 4.38. The lowest BCUT2D eigenvalue weighted by atomic mass is 9.80. The first-order valence-electron chi connectivity index (χ1n) is 6.03.